The van der Waals surface area contributed by atoms with Crippen LogP contribution in [0.2, 0.25) is 0 Å². The number of hydrogen-bond donors (Lipinski definition) is 2. The van der Waals surface area contributed by atoms with Gasteiger partial charge in [0.15, 0.2) is 0 Å². The highest BCUT2D eigenvalue weighted by molar-refractivity contribution is 6.04. The summed E-state index contributed by atoms with van der Waals surface area (Å²) in [4.78, 5) is 37.7. The fourth-order valence-corrected chi connectivity index (χ4v) is 3.28. The number of likely N-dealkylation sites (tertiary alicyclic amines) is 1. The third-order valence-electron chi connectivity index (χ3n) is 4.95. The molecule has 1 saturated heterocycles. The fraction of sp³-hybridized carbons (Fsp3) is 0.318. The molecule has 1 fully saturated rings. The Morgan fingerprint density at radius 3 is 2.14 bits per heavy atom. The van der Waals surface area contributed by atoms with E-state index in [1.807, 2.05) is 6.92 Å². The first-order chi connectivity index (χ1) is 14.0. The number of carbonyl (C=O) groups excluding carboxylic acids is 2. The van der Waals surface area contributed by atoms with Gasteiger partial charge in [-0.15, -0.1) is 0 Å². The van der Waals surface area contributed by atoms with Crippen LogP contribution in [0.25, 0.3) is 0 Å². The number of hydrogen-bond acceptors (Lipinski definition) is 4. The first-order valence-electron chi connectivity index (χ1n) is 9.64. The minimum atomic E-state index is -0.801. The van der Waals surface area contributed by atoms with Crippen molar-refractivity contribution >= 4 is 23.5 Å². The predicted octanol–water partition coefficient (Wildman–Crippen LogP) is 3.27. The summed E-state index contributed by atoms with van der Waals surface area (Å²) in [5, 5.41) is 11.9. The monoisotopic (exact) mass is 396 g/mol. The maximum Gasteiger partial charge on any atom is 0.306 e. The molecule has 152 valence electrons. The Morgan fingerprint density at radius 2 is 1.59 bits per heavy atom. The van der Waals surface area contributed by atoms with Crippen molar-refractivity contribution in [1.82, 2.24) is 4.90 Å². The number of nitrogens with one attached hydrogen (secondary N) is 1. The van der Waals surface area contributed by atoms with Gasteiger partial charge in [-0.1, -0.05) is 0 Å². The van der Waals surface area contributed by atoms with Gasteiger partial charge in [-0.2, -0.15) is 0 Å². The molecule has 0 aromatic heterocycles. The largest absolute Gasteiger partial charge is 0.494 e. The average Bonchev–Trinajstić information content (AvgIpc) is 2.74. The van der Waals surface area contributed by atoms with Crippen molar-refractivity contribution in [3.05, 3.63) is 59.7 Å². The van der Waals surface area contributed by atoms with Crippen LogP contribution in [-0.2, 0) is 4.79 Å². The lowest BCUT2D eigenvalue weighted by Gasteiger charge is -2.30. The number of carboxylic acids is 1. The first kappa shape index (κ1) is 20.4. The van der Waals surface area contributed by atoms with Gasteiger partial charge in [0.1, 0.15) is 5.75 Å². The molecule has 0 saturated carbocycles. The molecule has 3 rings (SSSR count). The van der Waals surface area contributed by atoms with Crippen molar-refractivity contribution in [2.75, 3.05) is 25.0 Å². The van der Waals surface area contributed by atoms with Crippen LogP contribution in [0.3, 0.4) is 0 Å². The Kier molecular flexibility index (Phi) is 6.49. The lowest BCUT2D eigenvalue weighted by atomic mass is 9.96. The zero-order valence-electron chi connectivity index (χ0n) is 16.3. The number of anilines is 1. The molecule has 0 spiro atoms. The summed E-state index contributed by atoms with van der Waals surface area (Å²) in [5.74, 6) is -0.843. The maximum absolute atomic E-state index is 12.6. The number of nitrogens with zero attached hydrogens (tertiary/aromatic N) is 1. The van der Waals surface area contributed by atoms with E-state index in [-0.39, 0.29) is 17.7 Å². The molecule has 2 aromatic rings. The van der Waals surface area contributed by atoms with Gasteiger partial charge in [0.05, 0.1) is 12.5 Å². The highest BCUT2D eigenvalue weighted by Gasteiger charge is 2.27. The topological polar surface area (TPSA) is 95.9 Å². The van der Waals surface area contributed by atoms with Crippen LogP contribution in [0.4, 0.5) is 5.69 Å². The van der Waals surface area contributed by atoms with Crippen molar-refractivity contribution in [3.8, 4) is 5.75 Å². The summed E-state index contributed by atoms with van der Waals surface area (Å²) >= 11 is 0. The SMILES string of the molecule is CCOc1ccc(C(=O)Nc2ccc(C(=O)N3CCC(C(=O)O)CC3)cc2)cc1. The number of benzene rings is 2. The van der Waals surface area contributed by atoms with Crippen LogP contribution >= 0.6 is 0 Å². The third-order valence-corrected chi connectivity index (χ3v) is 4.95. The van der Waals surface area contributed by atoms with Crippen molar-refractivity contribution in [3.63, 3.8) is 0 Å². The van der Waals surface area contributed by atoms with Gasteiger partial charge in [-0.05, 0) is 68.3 Å². The van der Waals surface area contributed by atoms with Crippen molar-refractivity contribution < 1.29 is 24.2 Å². The summed E-state index contributed by atoms with van der Waals surface area (Å²) in [6.45, 7) is 3.33. The van der Waals surface area contributed by atoms with Gasteiger partial charge in [-0.3, -0.25) is 14.4 Å². The molecular weight excluding hydrogens is 372 g/mol. The number of rotatable bonds is 6. The highest BCUT2D eigenvalue weighted by atomic mass is 16.5. The minimum Gasteiger partial charge on any atom is -0.494 e. The van der Waals surface area contributed by atoms with Crippen LogP contribution < -0.4 is 10.1 Å². The van der Waals surface area contributed by atoms with Crippen LogP contribution in [-0.4, -0.2) is 47.5 Å². The van der Waals surface area contributed by atoms with E-state index >= 15 is 0 Å². The van der Waals surface area contributed by atoms with E-state index in [1.165, 1.54) is 0 Å². The molecule has 1 heterocycles. The highest BCUT2D eigenvalue weighted by Crippen LogP contribution is 2.20. The average molecular weight is 396 g/mol. The van der Waals surface area contributed by atoms with E-state index in [0.717, 1.165) is 0 Å². The number of aliphatic carboxylic acids is 1. The second-order valence-electron chi connectivity index (χ2n) is 6.89. The number of carboxylic acid groups (broad SMARTS) is 1. The molecule has 0 atom stereocenters. The van der Waals surface area contributed by atoms with Crippen molar-refractivity contribution in [2.45, 2.75) is 19.8 Å². The predicted molar refractivity (Wildman–Crippen MR) is 108 cm³/mol. The van der Waals surface area contributed by atoms with E-state index in [2.05, 4.69) is 5.32 Å². The van der Waals surface area contributed by atoms with E-state index in [0.29, 0.717) is 55.1 Å². The lowest BCUT2D eigenvalue weighted by Crippen LogP contribution is -2.40. The second kappa shape index (κ2) is 9.23. The molecule has 2 aromatic carbocycles. The molecule has 0 unspecified atom stereocenters. The molecule has 2 N–H and O–H groups in total. The number of ether oxygens (including phenoxy) is 1. The van der Waals surface area contributed by atoms with Crippen LogP contribution in [0.5, 0.6) is 5.75 Å². The Labute approximate surface area is 169 Å². The van der Waals surface area contributed by atoms with Crippen molar-refractivity contribution in [2.24, 2.45) is 5.92 Å². The lowest BCUT2D eigenvalue weighted by molar-refractivity contribution is -0.143. The molecule has 1 aliphatic rings. The Balaban J connectivity index is 1.57. The molecule has 2 amide bonds. The van der Waals surface area contributed by atoms with Gasteiger partial charge in [-0.25, -0.2) is 0 Å². The van der Waals surface area contributed by atoms with Gasteiger partial charge in [0.2, 0.25) is 0 Å². The maximum atomic E-state index is 12.6. The van der Waals surface area contributed by atoms with Gasteiger partial charge in [0.25, 0.3) is 11.8 Å². The molecule has 7 heteroatoms. The second-order valence-corrected chi connectivity index (χ2v) is 6.89. The Hall–Kier alpha value is -3.35. The third kappa shape index (κ3) is 5.13. The molecule has 7 nitrogen and oxygen atoms in total. The molecule has 0 radical (unpaired) electrons. The molecule has 1 aliphatic heterocycles. The number of piperidine rings is 1. The molecular formula is C22H24N2O5. The number of amides is 2. The minimum absolute atomic E-state index is 0.127. The van der Waals surface area contributed by atoms with E-state index < -0.39 is 5.97 Å². The zero-order valence-corrected chi connectivity index (χ0v) is 16.3. The summed E-state index contributed by atoms with van der Waals surface area (Å²) in [5.41, 5.74) is 1.61. The molecule has 0 aliphatic carbocycles. The first-order valence-corrected chi connectivity index (χ1v) is 9.64. The smallest absolute Gasteiger partial charge is 0.306 e. The molecule has 0 bridgehead atoms. The van der Waals surface area contributed by atoms with Gasteiger partial charge in [0, 0.05) is 29.9 Å². The Morgan fingerprint density at radius 1 is 1.00 bits per heavy atom. The zero-order chi connectivity index (χ0) is 20.8. The van der Waals surface area contributed by atoms with E-state index in [9.17, 15) is 14.4 Å². The van der Waals surface area contributed by atoms with Gasteiger partial charge < -0.3 is 20.1 Å². The Bertz CT molecular complexity index is 869. The number of carbonyl (C=O) groups is 3. The van der Waals surface area contributed by atoms with Crippen LogP contribution in [0.15, 0.2) is 48.5 Å². The molecule has 29 heavy (non-hydrogen) atoms. The summed E-state index contributed by atoms with van der Waals surface area (Å²) in [6, 6.07) is 13.6. The standard InChI is InChI=1S/C22H24N2O5/c1-2-29-19-9-5-15(6-10-19)20(25)23-18-7-3-16(4-8-18)21(26)24-13-11-17(12-14-24)22(27)28/h3-10,17H,2,11-14H2,1H3,(H,23,25)(H,27,28). The summed E-state index contributed by atoms with van der Waals surface area (Å²) in [7, 11) is 0. The van der Waals surface area contributed by atoms with Crippen molar-refractivity contribution in [1.29, 1.82) is 0 Å². The fourth-order valence-electron chi connectivity index (χ4n) is 3.28. The van der Waals surface area contributed by atoms with E-state index in [4.69, 9.17) is 9.84 Å². The summed E-state index contributed by atoms with van der Waals surface area (Å²) < 4.78 is 5.37. The summed E-state index contributed by atoms with van der Waals surface area (Å²) in [6.07, 6.45) is 0.939. The van der Waals surface area contributed by atoms with E-state index in [1.54, 1.807) is 53.4 Å². The van der Waals surface area contributed by atoms with Crippen LogP contribution in [0.1, 0.15) is 40.5 Å². The van der Waals surface area contributed by atoms with Crippen LogP contribution in [0, 0.1) is 5.92 Å². The quantitative estimate of drug-likeness (QED) is 0.781. The normalized spacial score (nSPS) is 14.3. The van der Waals surface area contributed by atoms with Gasteiger partial charge >= 0.3 is 5.97 Å².